The van der Waals surface area contributed by atoms with Gasteiger partial charge in [-0.25, -0.2) is 0 Å². The van der Waals surface area contributed by atoms with Crippen molar-refractivity contribution in [1.82, 2.24) is 0 Å². The van der Waals surface area contributed by atoms with Crippen molar-refractivity contribution in [1.29, 1.82) is 0 Å². The molecule has 0 aromatic heterocycles. The van der Waals surface area contributed by atoms with E-state index in [9.17, 15) is 4.79 Å². The van der Waals surface area contributed by atoms with Gasteiger partial charge in [0.1, 0.15) is 13.2 Å². The Bertz CT molecular complexity index is 523. The van der Waals surface area contributed by atoms with Gasteiger partial charge in [-0.2, -0.15) is 0 Å². The molecule has 0 spiro atoms. The van der Waals surface area contributed by atoms with Gasteiger partial charge >= 0.3 is 0 Å². The summed E-state index contributed by atoms with van der Waals surface area (Å²) < 4.78 is 16.6. The van der Waals surface area contributed by atoms with Crippen molar-refractivity contribution in [2.24, 2.45) is 0 Å². The lowest BCUT2D eigenvalue weighted by Gasteiger charge is -2.22. The highest BCUT2D eigenvalue weighted by Crippen LogP contribution is 2.36. The molecule has 0 bridgehead atoms. The van der Waals surface area contributed by atoms with Crippen molar-refractivity contribution in [3.8, 4) is 11.5 Å². The molecule has 2 heterocycles. The van der Waals surface area contributed by atoms with Crippen LogP contribution < -0.4 is 9.47 Å². The van der Waals surface area contributed by atoms with Gasteiger partial charge in [0, 0.05) is 24.7 Å². The molecule has 2 aliphatic rings. The summed E-state index contributed by atoms with van der Waals surface area (Å²) in [6.07, 6.45) is 4.76. The van der Waals surface area contributed by atoms with Gasteiger partial charge in [0.15, 0.2) is 17.3 Å². The summed E-state index contributed by atoms with van der Waals surface area (Å²) in [6.45, 7) is 1.82. The molecule has 4 nitrogen and oxygen atoms in total. The number of benzene rings is 1. The van der Waals surface area contributed by atoms with Crippen molar-refractivity contribution in [3.63, 3.8) is 0 Å². The van der Waals surface area contributed by atoms with Gasteiger partial charge in [0.2, 0.25) is 0 Å². The van der Waals surface area contributed by atoms with Crippen LogP contribution in [0.2, 0.25) is 5.02 Å². The molecule has 1 saturated heterocycles. The van der Waals surface area contributed by atoms with Crippen molar-refractivity contribution < 1.29 is 19.0 Å². The van der Waals surface area contributed by atoms with E-state index in [-0.39, 0.29) is 11.9 Å². The Balaban J connectivity index is 1.66. The number of ether oxygens (including phenoxy) is 3. The lowest BCUT2D eigenvalue weighted by molar-refractivity contribution is 0.0104. The molecule has 114 valence electrons. The number of fused-ring (bicyclic) bond motifs is 1. The van der Waals surface area contributed by atoms with Gasteiger partial charge in [0.25, 0.3) is 0 Å². The fourth-order valence-corrected chi connectivity index (χ4v) is 3.00. The van der Waals surface area contributed by atoms with Gasteiger partial charge in [-0.1, -0.05) is 11.6 Å². The molecule has 0 radical (unpaired) electrons. The van der Waals surface area contributed by atoms with Crippen LogP contribution in [0, 0.1) is 0 Å². The first-order valence-electron chi connectivity index (χ1n) is 7.48. The zero-order chi connectivity index (χ0) is 14.7. The van der Waals surface area contributed by atoms with Crippen LogP contribution in [0.15, 0.2) is 12.1 Å². The molecule has 3 rings (SSSR count). The second kappa shape index (κ2) is 6.67. The minimum atomic E-state index is 0.0335. The number of carbonyl (C=O) groups is 1. The summed E-state index contributed by atoms with van der Waals surface area (Å²) in [5.74, 6) is 1.24. The summed E-state index contributed by atoms with van der Waals surface area (Å²) in [7, 11) is 0. The highest BCUT2D eigenvalue weighted by Gasteiger charge is 2.21. The summed E-state index contributed by atoms with van der Waals surface area (Å²) in [6, 6.07) is 3.36. The van der Waals surface area contributed by atoms with E-state index in [0.29, 0.717) is 41.7 Å². The number of Topliss-reactive ketones (excluding diaryl/α,β-unsaturated/α-hetero) is 1. The van der Waals surface area contributed by atoms with Crippen LogP contribution in [0.4, 0.5) is 0 Å². The van der Waals surface area contributed by atoms with E-state index >= 15 is 0 Å². The van der Waals surface area contributed by atoms with Gasteiger partial charge < -0.3 is 14.2 Å². The Morgan fingerprint density at radius 3 is 2.62 bits per heavy atom. The molecule has 0 saturated carbocycles. The number of ketones is 1. The fraction of sp³-hybridized carbons (Fsp3) is 0.562. The number of carbonyl (C=O) groups excluding carboxylic acids is 1. The smallest absolute Gasteiger partial charge is 0.164 e. The average Bonchev–Trinajstić information content (AvgIpc) is 2.53. The molecule has 21 heavy (non-hydrogen) atoms. The SMILES string of the molecule is O=C(CCC1CCCCO1)c1cc2c(cc1Cl)OCCO2. The lowest BCUT2D eigenvalue weighted by atomic mass is 10.00. The molecule has 1 aromatic carbocycles. The Morgan fingerprint density at radius 2 is 1.90 bits per heavy atom. The quantitative estimate of drug-likeness (QED) is 0.796. The maximum Gasteiger partial charge on any atom is 0.164 e. The van der Waals surface area contributed by atoms with Crippen LogP contribution >= 0.6 is 11.6 Å². The molecule has 1 aromatic rings. The Labute approximate surface area is 129 Å². The first kappa shape index (κ1) is 14.7. The molecule has 2 aliphatic heterocycles. The van der Waals surface area contributed by atoms with E-state index in [1.54, 1.807) is 12.1 Å². The Morgan fingerprint density at radius 1 is 1.14 bits per heavy atom. The second-order valence-electron chi connectivity index (χ2n) is 5.43. The topological polar surface area (TPSA) is 44.8 Å². The summed E-state index contributed by atoms with van der Waals surface area (Å²) in [5.41, 5.74) is 0.511. The van der Waals surface area contributed by atoms with E-state index < -0.39 is 0 Å². The van der Waals surface area contributed by atoms with Crippen LogP contribution in [0.5, 0.6) is 11.5 Å². The van der Waals surface area contributed by atoms with Crippen molar-refractivity contribution in [2.75, 3.05) is 19.8 Å². The number of rotatable bonds is 4. The number of hydrogen-bond donors (Lipinski definition) is 0. The molecule has 1 fully saturated rings. The van der Waals surface area contributed by atoms with Crippen molar-refractivity contribution in [2.45, 2.75) is 38.2 Å². The first-order valence-corrected chi connectivity index (χ1v) is 7.86. The third-order valence-corrected chi connectivity index (χ3v) is 4.21. The Kier molecular flexibility index (Phi) is 4.66. The van der Waals surface area contributed by atoms with E-state index in [0.717, 1.165) is 25.9 Å². The van der Waals surface area contributed by atoms with E-state index in [1.165, 1.54) is 6.42 Å². The van der Waals surface area contributed by atoms with E-state index in [1.807, 2.05) is 0 Å². The molecule has 0 amide bonds. The minimum Gasteiger partial charge on any atom is -0.486 e. The molecule has 1 atom stereocenters. The van der Waals surface area contributed by atoms with Crippen LogP contribution in [0.3, 0.4) is 0 Å². The van der Waals surface area contributed by atoms with Gasteiger partial charge in [-0.05, 0) is 31.7 Å². The zero-order valence-electron chi connectivity index (χ0n) is 11.9. The standard InChI is InChI=1S/C16H19ClO4/c17-13-10-16-15(20-7-8-21-16)9-12(13)14(18)5-4-11-3-1-2-6-19-11/h9-11H,1-8H2. The predicted molar refractivity (Wildman–Crippen MR) is 79.6 cm³/mol. The highest BCUT2D eigenvalue weighted by molar-refractivity contribution is 6.34. The Hall–Kier alpha value is -1.26. The van der Waals surface area contributed by atoms with Crippen LogP contribution in [0.25, 0.3) is 0 Å². The molecule has 0 aliphatic carbocycles. The zero-order valence-corrected chi connectivity index (χ0v) is 12.7. The maximum absolute atomic E-state index is 12.4. The third-order valence-electron chi connectivity index (χ3n) is 3.90. The van der Waals surface area contributed by atoms with E-state index in [4.69, 9.17) is 25.8 Å². The largest absolute Gasteiger partial charge is 0.486 e. The summed E-state index contributed by atoms with van der Waals surface area (Å²) >= 11 is 6.19. The predicted octanol–water partition coefficient (Wildman–Crippen LogP) is 3.64. The van der Waals surface area contributed by atoms with Crippen LogP contribution in [-0.2, 0) is 4.74 Å². The normalized spacial score (nSPS) is 21.1. The van der Waals surface area contributed by atoms with Crippen molar-refractivity contribution >= 4 is 17.4 Å². The molecule has 1 unspecified atom stereocenters. The second-order valence-corrected chi connectivity index (χ2v) is 5.83. The number of hydrogen-bond acceptors (Lipinski definition) is 4. The summed E-state index contributed by atoms with van der Waals surface area (Å²) in [5, 5.41) is 0.425. The third kappa shape index (κ3) is 3.50. The van der Waals surface area contributed by atoms with Gasteiger partial charge in [-0.3, -0.25) is 4.79 Å². The minimum absolute atomic E-state index is 0.0335. The van der Waals surface area contributed by atoms with Crippen LogP contribution in [-0.4, -0.2) is 31.7 Å². The maximum atomic E-state index is 12.4. The van der Waals surface area contributed by atoms with Gasteiger partial charge in [0.05, 0.1) is 11.1 Å². The molecule has 5 heteroatoms. The van der Waals surface area contributed by atoms with Crippen LogP contribution in [0.1, 0.15) is 42.5 Å². The molecular formula is C16H19ClO4. The molecular weight excluding hydrogens is 292 g/mol. The first-order chi connectivity index (χ1) is 10.2. The number of halogens is 1. The molecule has 0 N–H and O–H groups in total. The average molecular weight is 311 g/mol. The van der Waals surface area contributed by atoms with Crippen molar-refractivity contribution in [3.05, 3.63) is 22.7 Å². The highest BCUT2D eigenvalue weighted by atomic mass is 35.5. The van der Waals surface area contributed by atoms with Gasteiger partial charge in [-0.15, -0.1) is 0 Å². The fourth-order valence-electron chi connectivity index (χ4n) is 2.74. The summed E-state index contributed by atoms with van der Waals surface area (Å²) in [4.78, 5) is 12.4. The van der Waals surface area contributed by atoms with E-state index in [2.05, 4.69) is 0 Å². The monoisotopic (exact) mass is 310 g/mol. The lowest BCUT2D eigenvalue weighted by Crippen LogP contribution is -2.20.